The third-order valence-corrected chi connectivity index (χ3v) is 4.68. The Kier molecular flexibility index (Phi) is 3.90. The third-order valence-electron chi connectivity index (χ3n) is 3.35. The van der Waals surface area contributed by atoms with Crippen molar-refractivity contribution in [3.05, 3.63) is 10.2 Å². The number of hydrogen-bond acceptors (Lipinski definition) is 9. The lowest BCUT2D eigenvalue weighted by Gasteiger charge is -2.16. The summed E-state index contributed by atoms with van der Waals surface area (Å²) in [6.45, 7) is -0.388. The SMILES string of the molecule is CNc1ncc2sc(=S)n([C@@H]3O[C@H](CO)[C@H](O)[C@H]3O)c2n1. The van der Waals surface area contributed by atoms with E-state index in [9.17, 15) is 10.2 Å². The highest BCUT2D eigenvalue weighted by Gasteiger charge is 2.44. The summed E-state index contributed by atoms with van der Waals surface area (Å²) >= 11 is 6.58. The molecule has 0 aliphatic carbocycles. The minimum Gasteiger partial charge on any atom is -0.394 e. The summed E-state index contributed by atoms with van der Waals surface area (Å²) < 4.78 is 8.25. The zero-order valence-corrected chi connectivity index (χ0v) is 12.6. The average molecular weight is 330 g/mol. The van der Waals surface area contributed by atoms with Crippen molar-refractivity contribution in [2.24, 2.45) is 0 Å². The number of thiazole rings is 1. The first-order valence-electron chi connectivity index (χ1n) is 6.25. The molecular weight excluding hydrogens is 316 g/mol. The van der Waals surface area contributed by atoms with Crippen LogP contribution in [0, 0.1) is 3.95 Å². The fraction of sp³-hybridized carbons (Fsp3) is 0.545. The smallest absolute Gasteiger partial charge is 0.224 e. The van der Waals surface area contributed by atoms with Crippen LogP contribution in [0.4, 0.5) is 5.95 Å². The Labute approximate surface area is 128 Å². The van der Waals surface area contributed by atoms with Gasteiger partial charge >= 0.3 is 0 Å². The summed E-state index contributed by atoms with van der Waals surface area (Å²) in [6.07, 6.45) is -2.49. The molecule has 2 aromatic rings. The number of nitrogens with zero attached hydrogens (tertiary/aromatic N) is 3. The van der Waals surface area contributed by atoms with Gasteiger partial charge in [0.05, 0.1) is 17.5 Å². The van der Waals surface area contributed by atoms with E-state index in [0.29, 0.717) is 15.5 Å². The van der Waals surface area contributed by atoms with Gasteiger partial charge in [-0.3, -0.25) is 4.57 Å². The second-order valence-electron chi connectivity index (χ2n) is 4.60. The van der Waals surface area contributed by atoms with E-state index in [2.05, 4.69) is 15.3 Å². The summed E-state index contributed by atoms with van der Waals surface area (Å²) in [4.78, 5) is 8.43. The van der Waals surface area contributed by atoms with Gasteiger partial charge in [0.1, 0.15) is 18.3 Å². The number of hydrogen-bond donors (Lipinski definition) is 4. The molecule has 4 N–H and O–H groups in total. The van der Waals surface area contributed by atoms with Gasteiger partial charge in [-0.05, 0) is 12.2 Å². The zero-order valence-electron chi connectivity index (χ0n) is 11.0. The molecule has 3 heterocycles. The second-order valence-corrected chi connectivity index (χ2v) is 6.27. The lowest BCUT2D eigenvalue weighted by molar-refractivity contribution is -0.0511. The number of rotatable bonds is 3. The molecular formula is C11H14N4O4S2. The first-order valence-corrected chi connectivity index (χ1v) is 7.47. The monoisotopic (exact) mass is 330 g/mol. The Morgan fingerprint density at radius 3 is 2.86 bits per heavy atom. The Morgan fingerprint density at radius 2 is 2.24 bits per heavy atom. The highest BCUT2D eigenvalue weighted by molar-refractivity contribution is 7.73. The topological polar surface area (TPSA) is 113 Å². The highest BCUT2D eigenvalue weighted by atomic mass is 32.1. The lowest BCUT2D eigenvalue weighted by Crippen LogP contribution is -2.33. The van der Waals surface area contributed by atoms with Gasteiger partial charge in [-0.25, -0.2) is 4.98 Å². The van der Waals surface area contributed by atoms with Gasteiger partial charge in [-0.2, -0.15) is 4.98 Å². The van der Waals surface area contributed by atoms with Crippen molar-refractivity contribution < 1.29 is 20.1 Å². The van der Waals surface area contributed by atoms with Crippen molar-refractivity contribution in [2.45, 2.75) is 24.5 Å². The van der Waals surface area contributed by atoms with E-state index < -0.39 is 24.5 Å². The van der Waals surface area contributed by atoms with Crippen molar-refractivity contribution in [3.63, 3.8) is 0 Å². The fourth-order valence-electron chi connectivity index (χ4n) is 2.27. The maximum absolute atomic E-state index is 10.1. The van der Waals surface area contributed by atoms with Gasteiger partial charge in [0.15, 0.2) is 15.8 Å². The van der Waals surface area contributed by atoms with Crippen LogP contribution in [0.2, 0.25) is 0 Å². The average Bonchev–Trinajstić information content (AvgIpc) is 2.95. The number of aromatic nitrogens is 3. The van der Waals surface area contributed by atoms with Crippen LogP contribution < -0.4 is 5.32 Å². The Hall–Kier alpha value is -1.17. The minimum absolute atomic E-state index is 0.388. The van der Waals surface area contributed by atoms with Gasteiger partial charge in [0.2, 0.25) is 5.95 Å². The molecule has 8 nitrogen and oxygen atoms in total. The molecule has 21 heavy (non-hydrogen) atoms. The molecule has 0 bridgehead atoms. The molecule has 114 valence electrons. The summed E-state index contributed by atoms with van der Waals surface area (Å²) in [7, 11) is 1.69. The van der Waals surface area contributed by atoms with Crippen LogP contribution >= 0.6 is 23.6 Å². The summed E-state index contributed by atoms with van der Waals surface area (Å²) in [5, 5.41) is 32.0. The Morgan fingerprint density at radius 1 is 1.48 bits per heavy atom. The molecule has 0 unspecified atom stereocenters. The summed E-state index contributed by atoms with van der Waals surface area (Å²) in [5.41, 5.74) is 0.513. The van der Waals surface area contributed by atoms with Crippen molar-refractivity contribution in [1.29, 1.82) is 0 Å². The second kappa shape index (κ2) is 5.55. The standard InChI is InChI=1S/C11H14N4O4S2/c1-12-10-13-2-5-8(14-10)15(11(20)21-5)9-7(18)6(17)4(3-16)19-9/h2,4,6-7,9,16-18H,3H2,1H3,(H,12,13,14)/t4-,6+,7-,9-/m1/s1. The van der Waals surface area contributed by atoms with Crippen molar-refractivity contribution in [2.75, 3.05) is 19.0 Å². The van der Waals surface area contributed by atoms with E-state index in [4.69, 9.17) is 22.1 Å². The highest BCUT2D eigenvalue weighted by Crippen LogP contribution is 2.34. The first-order chi connectivity index (χ1) is 10.1. The number of ether oxygens (including phenoxy) is 1. The lowest BCUT2D eigenvalue weighted by atomic mass is 10.1. The number of fused-ring (bicyclic) bond motifs is 1. The fourth-order valence-corrected chi connectivity index (χ4v) is 3.55. The van der Waals surface area contributed by atoms with Crippen LogP contribution in [-0.2, 0) is 4.74 Å². The predicted molar refractivity (Wildman–Crippen MR) is 78.8 cm³/mol. The van der Waals surface area contributed by atoms with Crippen LogP contribution in [0.5, 0.6) is 0 Å². The predicted octanol–water partition coefficient (Wildman–Crippen LogP) is -0.125. The van der Waals surface area contributed by atoms with Crippen molar-refractivity contribution in [1.82, 2.24) is 14.5 Å². The number of anilines is 1. The van der Waals surface area contributed by atoms with E-state index in [1.54, 1.807) is 17.8 Å². The molecule has 0 amide bonds. The molecule has 1 saturated heterocycles. The van der Waals surface area contributed by atoms with E-state index in [0.717, 1.165) is 4.70 Å². The largest absolute Gasteiger partial charge is 0.394 e. The molecule has 10 heteroatoms. The normalized spacial score (nSPS) is 29.1. The van der Waals surface area contributed by atoms with Gasteiger partial charge < -0.3 is 25.4 Å². The van der Waals surface area contributed by atoms with E-state index in [-0.39, 0.29) is 6.61 Å². The number of aliphatic hydroxyl groups excluding tert-OH is 3. The van der Waals surface area contributed by atoms with E-state index in [1.807, 2.05) is 0 Å². The van der Waals surface area contributed by atoms with E-state index >= 15 is 0 Å². The molecule has 1 aliphatic heterocycles. The molecule has 0 saturated carbocycles. The van der Waals surface area contributed by atoms with Gasteiger partial charge in [-0.1, -0.05) is 0 Å². The van der Waals surface area contributed by atoms with Crippen LogP contribution in [-0.4, -0.2) is 61.8 Å². The van der Waals surface area contributed by atoms with Crippen molar-refractivity contribution >= 4 is 39.9 Å². The molecule has 1 fully saturated rings. The zero-order chi connectivity index (χ0) is 15.1. The summed E-state index contributed by atoms with van der Waals surface area (Å²) in [6, 6.07) is 0. The quantitative estimate of drug-likeness (QED) is 0.576. The first kappa shape index (κ1) is 14.8. The molecule has 3 rings (SSSR count). The molecule has 0 aromatic carbocycles. The molecule has 4 atom stereocenters. The third kappa shape index (κ3) is 2.33. The number of nitrogens with one attached hydrogen (secondary N) is 1. The minimum atomic E-state index is -1.19. The molecule has 2 aromatic heterocycles. The number of aliphatic hydroxyl groups is 3. The van der Waals surface area contributed by atoms with Gasteiger partial charge in [-0.15, -0.1) is 11.3 Å². The molecule has 1 aliphatic rings. The van der Waals surface area contributed by atoms with Crippen LogP contribution in [0.15, 0.2) is 6.20 Å². The van der Waals surface area contributed by atoms with Crippen LogP contribution in [0.1, 0.15) is 6.23 Å². The van der Waals surface area contributed by atoms with Gasteiger partial charge in [0.25, 0.3) is 0 Å². The molecule has 0 radical (unpaired) electrons. The van der Waals surface area contributed by atoms with E-state index in [1.165, 1.54) is 11.3 Å². The van der Waals surface area contributed by atoms with Gasteiger partial charge in [0, 0.05) is 7.05 Å². The van der Waals surface area contributed by atoms with Crippen molar-refractivity contribution in [3.8, 4) is 0 Å². The maximum atomic E-state index is 10.1. The van der Waals surface area contributed by atoms with Crippen LogP contribution in [0.25, 0.3) is 10.3 Å². The summed E-state index contributed by atoms with van der Waals surface area (Å²) in [5.74, 6) is 0.413. The maximum Gasteiger partial charge on any atom is 0.224 e. The van der Waals surface area contributed by atoms with Crippen LogP contribution in [0.3, 0.4) is 0 Å². The Bertz CT molecular complexity index is 718. The Balaban J connectivity index is 2.12. The molecule has 0 spiro atoms.